The second-order valence-corrected chi connectivity index (χ2v) is 14.4. The van der Waals surface area contributed by atoms with Crippen molar-refractivity contribution in [2.45, 2.75) is 211 Å². The van der Waals surface area contributed by atoms with E-state index in [4.69, 9.17) is 18.9 Å². The van der Waals surface area contributed by atoms with Crippen LogP contribution in [-0.4, -0.2) is 89.0 Å². The summed E-state index contributed by atoms with van der Waals surface area (Å²) < 4.78 is 22.1. The maximum atomic E-state index is 12.7. The first-order valence-corrected chi connectivity index (χ1v) is 20.9. The fourth-order valence-corrected chi connectivity index (χ4v) is 6.18. The predicted molar refractivity (Wildman–Crippen MR) is 206 cm³/mol. The zero-order chi connectivity index (χ0) is 38.1. The predicted octanol–water partition coefficient (Wildman–Crippen LogP) is 8.16. The molecule has 0 aliphatic carbocycles. The highest BCUT2D eigenvalue weighted by Gasteiger charge is 2.44. The SMILES string of the molecule is CCCCC/C=C/CCCCCCCC(=O)O[C@@H](COC(=O)CCCCCCCCC/C=C/CCCCCC)CO[C@H]1O[C@@H](CO)[C@@H](O)C(O)C1O. The van der Waals surface area contributed by atoms with Gasteiger partial charge in [0.1, 0.15) is 31.0 Å². The number of allylic oxidation sites excluding steroid dienone is 4. The quantitative estimate of drug-likeness (QED) is 0.0289. The van der Waals surface area contributed by atoms with Gasteiger partial charge in [-0.2, -0.15) is 0 Å². The molecular weight excluding hydrogens is 664 g/mol. The Labute approximate surface area is 315 Å². The Balaban J connectivity index is 2.36. The van der Waals surface area contributed by atoms with Gasteiger partial charge < -0.3 is 39.4 Å². The average Bonchev–Trinajstić information content (AvgIpc) is 3.14. The lowest BCUT2D eigenvalue weighted by molar-refractivity contribution is -0.305. The van der Waals surface area contributed by atoms with Gasteiger partial charge in [0.25, 0.3) is 0 Å². The molecule has 0 amide bonds. The topological polar surface area (TPSA) is 152 Å². The van der Waals surface area contributed by atoms with E-state index in [1.807, 2.05) is 0 Å². The number of unbranched alkanes of at least 4 members (excludes halogenated alkanes) is 19. The zero-order valence-corrected chi connectivity index (χ0v) is 32.8. The molecular formula is C42H76O10. The summed E-state index contributed by atoms with van der Waals surface area (Å²) in [6, 6.07) is 0. The van der Waals surface area contributed by atoms with Crippen molar-refractivity contribution in [3.63, 3.8) is 0 Å². The third-order valence-corrected chi connectivity index (χ3v) is 9.56. The van der Waals surface area contributed by atoms with Crippen LogP contribution in [0.5, 0.6) is 0 Å². The van der Waals surface area contributed by atoms with Crippen molar-refractivity contribution < 1.29 is 49.0 Å². The summed E-state index contributed by atoms with van der Waals surface area (Å²) in [6.45, 7) is 3.36. The first-order chi connectivity index (χ1) is 25.3. The number of rotatable bonds is 34. The summed E-state index contributed by atoms with van der Waals surface area (Å²) in [6.07, 6.45) is 27.5. The van der Waals surface area contributed by atoms with Crippen molar-refractivity contribution in [3.05, 3.63) is 24.3 Å². The largest absolute Gasteiger partial charge is 0.462 e. The minimum atomic E-state index is -1.59. The molecule has 0 bridgehead atoms. The normalized spacial score (nSPS) is 21.2. The molecule has 10 nitrogen and oxygen atoms in total. The van der Waals surface area contributed by atoms with E-state index in [0.717, 1.165) is 70.6 Å². The molecule has 1 aliphatic rings. The summed E-state index contributed by atoms with van der Waals surface area (Å²) in [4.78, 5) is 25.2. The maximum Gasteiger partial charge on any atom is 0.306 e. The molecule has 2 unspecified atom stereocenters. The minimum absolute atomic E-state index is 0.220. The highest BCUT2D eigenvalue weighted by atomic mass is 16.7. The number of hydrogen-bond donors (Lipinski definition) is 4. The van der Waals surface area contributed by atoms with Crippen LogP contribution >= 0.6 is 0 Å². The minimum Gasteiger partial charge on any atom is -0.462 e. The van der Waals surface area contributed by atoms with Crippen molar-refractivity contribution in [1.82, 2.24) is 0 Å². The molecule has 6 atom stereocenters. The summed E-state index contributed by atoms with van der Waals surface area (Å²) >= 11 is 0. The second kappa shape index (κ2) is 33.7. The first kappa shape index (κ1) is 48.2. The smallest absolute Gasteiger partial charge is 0.306 e. The average molecular weight is 741 g/mol. The van der Waals surface area contributed by atoms with Crippen LogP contribution in [0.1, 0.15) is 174 Å². The molecule has 1 fully saturated rings. The number of carbonyl (C=O) groups is 2. The number of esters is 2. The van der Waals surface area contributed by atoms with Crippen molar-refractivity contribution in [2.24, 2.45) is 0 Å². The van der Waals surface area contributed by atoms with E-state index in [1.54, 1.807) is 0 Å². The van der Waals surface area contributed by atoms with Gasteiger partial charge in [0.2, 0.25) is 0 Å². The van der Waals surface area contributed by atoms with Crippen LogP contribution in [-0.2, 0) is 28.5 Å². The number of aliphatic hydroxyl groups excluding tert-OH is 4. The fraction of sp³-hybridized carbons (Fsp3) is 0.857. The van der Waals surface area contributed by atoms with E-state index >= 15 is 0 Å². The molecule has 0 radical (unpaired) electrons. The molecule has 1 rings (SSSR count). The van der Waals surface area contributed by atoms with Crippen molar-refractivity contribution in [2.75, 3.05) is 19.8 Å². The lowest BCUT2D eigenvalue weighted by Crippen LogP contribution is -2.59. The van der Waals surface area contributed by atoms with Crippen LogP contribution in [0.4, 0.5) is 0 Å². The molecule has 0 aromatic heterocycles. The van der Waals surface area contributed by atoms with E-state index in [-0.39, 0.29) is 32.0 Å². The molecule has 0 aromatic carbocycles. The molecule has 52 heavy (non-hydrogen) atoms. The van der Waals surface area contributed by atoms with E-state index in [1.165, 1.54) is 70.6 Å². The second-order valence-electron chi connectivity index (χ2n) is 14.4. The lowest BCUT2D eigenvalue weighted by Gasteiger charge is -2.39. The summed E-state index contributed by atoms with van der Waals surface area (Å²) in [5, 5.41) is 40.0. The van der Waals surface area contributed by atoms with E-state index < -0.39 is 49.4 Å². The van der Waals surface area contributed by atoms with E-state index in [2.05, 4.69) is 38.2 Å². The molecule has 1 saturated heterocycles. The molecule has 4 N–H and O–H groups in total. The monoisotopic (exact) mass is 741 g/mol. The first-order valence-electron chi connectivity index (χ1n) is 20.9. The maximum absolute atomic E-state index is 12.7. The van der Waals surface area contributed by atoms with Crippen LogP contribution in [0.2, 0.25) is 0 Å². The lowest BCUT2D eigenvalue weighted by atomic mass is 9.99. The molecule has 1 heterocycles. The Hall–Kier alpha value is -1.82. The van der Waals surface area contributed by atoms with Crippen LogP contribution in [0.25, 0.3) is 0 Å². The van der Waals surface area contributed by atoms with Gasteiger partial charge >= 0.3 is 11.9 Å². The van der Waals surface area contributed by atoms with Crippen LogP contribution in [0.15, 0.2) is 24.3 Å². The fourth-order valence-electron chi connectivity index (χ4n) is 6.18. The summed E-state index contributed by atoms with van der Waals surface area (Å²) in [5.74, 6) is -0.821. The van der Waals surface area contributed by atoms with Gasteiger partial charge in [0.15, 0.2) is 12.4 Å². The highest BCUT2D eigenvalue weighted by molar-refractivity contribution is 5.70. The third-order valence-electron chi connectivity index (χ3n) is 9.56. The molecule has 1 aliphatic heterocycles. The van der Waals surface area contributed by atoms with Crippen LogP contribution in [0, 0.1) is 0 Å². The van der Waals surface area contributed by atoms with Gasteiger partial charge in [-0.05, 0) is 64.2 Å². The van der Waals surface area contributed by atoms with Crippen molar-refractivity contribution >= 4 is 11.9 Å². The number of carbonyl (C=O) groups excluding carboxylic acids is 2. The Morgan fingerprint density at radius 3 is 1.54 bits per heavy atom. The Bertz CT molecular complexity index is 907. The Morgan fingerprint density at radius 1 is 0.577 bits per heavy atom. The van der Waals surface area contributed by atoms with Gasteiger partial charge in [-0.15, -0.1) is 0 Å². The molecule has 0 saturated carbocycles. The molecule has 0 aromatic rings. The number of hydrogen-bond acceptors (Lipinski definition) is 10. The van der Waals surface area contributed by atoms with Gasteiger partial charge in [-0.1, -0.05) is 122 Å². The van der Waals surface area contributed by atoms with Gasteiger partial charge in [0.05, 0.1) is 13.2 Å². The van der Waals surface area contributed by atoms with Gasteiger partial charge in [-0.3, -0.25) is 9.59 Å². The number of ether oxygens (including phenoxy) is 4. The molecule has 0 spiro atoms. The number of aliphatic hydroxyl groups is 4. The molecule has 10 heteroatoms. The summed E-state index contributed by atoms with van der Waals surface area (Å²) in [7, 11) is 0. The van der Waals surface area contributed by atoms with Crippen molar-refractivity contribution in [1.29, 1.82) is 0 Å². The van der Waals surface area contributed by atoms with Gasteiger partial charge in [0, 0.05) is 12.8 Å². The van der Waals surface area contributed by atoms with Crippen LogP contribution < -0.4 is 0 Å². The standard InChI is InChI=1S/C42H76O10/c1-3-5-7-9-11-13-15-17-18-19-21-22-24-26-28-30-37(44)49-33-35(34-50-42-41(48)40(47)39(46)36(32-43)52-42)51-38(45)31-29-27-25-23-20-16-14-12-10-8-6-4-2/h12-15,35-36,39-43,46-48H,3-11,16-34H2,1-2H3/b14-12+,15-13+/t35-,36-,39+,40?,41?,42-/m0/s1. The van der Waals surface area contributed by atoms with E-state index in [9.17, 15) is 30.0 Å². The zero-order valence-electron chi connectivity index (χ0n) is 32.8. The van der Waals surface area contributed by atoms with E-state index in [0.29, 0.717) is 6.42 Å². The van der Waals surface area contributed by atoms with Crippen LogP contribution in [0.3, 0.4) is 0 Å². The highest BCUT2D eigenvalue weighted by Crippen LogP contribution is 2.22. The third kappa shape index (κ3) is 25.2. The van der Waals surface area contributed by atoms with Gasteiger partial charge in [-0.25, -0.2) is 0 Å². The Kier molecular flexibility index (Phi) is 31.3. The Morgan fingerprint density at radius 2 is 1.02 bits per heavy atom. The molecule has 304 valence electrons. The summed E-state index contributed by atoms with van der Waals surface area (Å²) in [5.41, 5.74) is 0. The van der Waals surface area contributed by atoms with Crippen molar-refractivity contribution in [3.8, 4) is 0 Å².